The molecular formula is C16H30N2O4. The fraction of sp³-hybridized carbons (Fsp3) is 0.875. The molecule has 1 amide bonds. The zero-order valence-electron chi connectivity index (χ0n) is 13.8. The van der Waals surface area contributed by atoms with Crippen LogP contribution in [0.2, 0.25) is 0 Å². The van der Waals surface area contributed by atoms with Crippen LogP contribution in [0.1, 0.15) is 46.5 Å². The Hall–Kier alpha value is -1.14. The van der Waals surface area contributed by atoms with Gasteiger partial charge in [-0.05, 0) is 24.7 Å². The molecule has 1 aliphatic rings. The summed E-state index contributed by atoms with van der Waals surface area (Å²) in [5.74, 6) is -1.37. The highest BCUT2D eigenvalue weighted by atomic mass is 16.4. The minimum Gasteiger partial charge on any atom is -0.481 e. The number of hydrogen-bond donors (Lipinski definition) is 4. The third kappa shape index (κ3) is 4.95. The van der Waals surface area contributed by atoms with Crippen LogP contribution in [0.4, 0.5) is 0 Å². The van der Waals surface area contributed by atoms with Gasteiger partial charge in [0.2, 0.25) is 5.91 Å². The molecule has 6 nitrogen and oxygen atoms in total. The summed E-state index contributed by atoms with van der Waals surface area (Å²) in [5.41, 5.74) is 6.07. The lowest BCUT2D eigenvalue weighted by Gasteiger charge is -2.29. The van der Waals surface area contributed by atoms with E-state index in [-0.39, 0.29) is 23.8 Å². The maximum Gasteiger partial charge on any atom is 0.309 e. The average Bonchev–Trinajstić information content (AvgIpc) is 2.72. The van der Waals surface area contributed by atoms with Gasteiger partial charge >= 0.3 is 5.97 Å². The number of carboxylic acids is 1. The van der Waals surface area contributed by atoms with E-state index >= 15 is 0 Å². The second-order valence-electron chi connectivity index (χ2n) is 6.70. The second-order valence-corrected chi connectivity index (χ2v) is 6.70. The van der Waals surface area contributed by atoms with Crippen molar-refractivity contribution < 1.29 is 19.8 Å². The van der Waals surface area contributed by atoms with Gasteiger partial charge in [-0.3, -0.25) is 9.59 Å². The molecule has 1 aliphatic carbocycles. The molecule has 128 valence electrons. The van der Waals surface area contributed by atoms with Crippen molar-refractivity contribution in [2.24, 2.45) is 29.4 Å². The molecule has 0 radical (unpaired) electrons. The average molecular weight is 314 g/mol. The fourth-order valence-electron chi connectivity index (χ4n) is 3.55. The molecule has 0 spiro atoms. The lowest BCUT2D eigenvalue weighted by molar-refractivity contribution is -0.145. The van der Waals surface area contributed by atoms with Crippen LogP contribution in [-0.2, 0) is 9.59 Å². The first-order valence-electron chi connectivity index (χ1n) is 8.18. The minimum absolute atomic E-state index is 0.0503. The van der Waals surface area contributed by atoms with Gasteiger partial charge in [-0.2, -0.15) is 0 Å². The first kappa shape index (κ1) is 18.9. The van der Waals surface area contributed by atoms with Gasteiger partial charge in [0.05, 0.1) is 12.0 Å². The molecule has 3 unspecified atom stereocenters. The van der Waals surface area contributed by atoms with Gasteiger partial charge in [0, 0.05) is 25.4 Å². The summed E-state index contributed by atoms with van der Waals surface area (Å²) < 4.78 is 0. The van der Waals surface area contributed by atoms with Gasteiger partial charge in [0.25, 0.3) is 0 Å². The van der Waals surface area contributed by atoms with Crippen LogP contribution in [0.15, 0.2) is 0 Å². The Morgan fingerprint density at radius 2 is 2.05 bits per heavy atom. The summed E-state index contributed by atoms with van der Waals surface area (Å²) in [4.78, 5) is 22.2. The van der Waals surface area contributed by atoms with Crippen molar-refractivity contribution >= 4 is 11.9 Å². The van der Waals surface area contributed by atoms with Crippen molar-refractivity contribution in [1.82, 2.24) is 5.32 Å². The molecule has 1 saturated carbocycles. The molecule has 0 heterocycles. The molecule has 0 aromatic heterocycles. The molecule has 1 rings (SSSR count). The van der Waals surface area contributed by atoms with Crippen molar-refractivity contribution in [3.63, 3.8) is 0 Å². The summed E-state index contributed by atoms with van der Waals surface area (Å²) >= 11 is 0. The van der Waals surface area contributed by atoms with E-state index in [1.54, 1.807) is 0 Å². The van der Waals surface area contributed by atoms with Crippen LogP contribution in [0, 0.1) is 23.7 Å². The highest BCUT2D eigenvalue weighted by Gasteiger charge is 2.45. The lowest BCUT2D eigenvalue weighted by atomic mass is 9.80. The Labute approximate surface area is 132 Å². The Morgan fingerprint density at radius 1 is 1.41 bits per heavy atom. The van der Waals surface area contributed by atoms with E-state index in [2.05, 4.69) is 19.2 Å². The first-order valence-corrected chi connectivity index (χ1v) is 8.18. The SMILES string of the molecule is CCC[C@@H](C[C@H]1C(O)C(C(=O)O)C[C@H]1N)C(C)CNC(C)=O. The van der Waals surface area contributed by atoms with E-state index in [0.29, 0.717) is 25.3 Å². The maximum absolute atomic E-state index is 11.2. The second kappa shape index (κ2) is 8.48. The van der Waals surface area contributed by atoms with Crippen LogP contribution in [0.3, 0.4) is 0 Å². The number of hydrogen-bond acceptors (Lipinski definition) is 4. The highest BCUT2D eigenvalue weighted by molar-refractivity contribution is 5.72. The predicted molar refractivity (Wildman–Crippen MR) is 84.1 cm³/mol. The Balaban J connectivity index is 2.69. The van der Waals surface area contributed by atoms with E-state index in [9.17, 15) is 14.7 Å². The maximum atomic E-state index is 11.2. The molecule has 0 aromatic rings. The summed E-state index contributed by atoms with van der Waals surface area (Å²) in [6.45, 7) is 6.27. The summed E-state index contributed by atoms with van der Waals surface area (Å²) in [7, 11) is 0. The van der Waals surface area contributed by atoms with Crippen LogP contribution in [0.25, 0.3) is 0 Å². The number of aliphatic carboxylic acids is 1. The molecule has 0 saturated heterocycles. The topological polar surface area (TPSA) is 113 Å². The molecule has 6 heteroatoms. The van der Waals surface area contributed by atoms with Crippen molar-refractivity contribution in [2.75, 3.05) is 6.54 Å². The first-order chi connectivity index (χ1) is 10.3. The number of carboxylic acid groups (broad SMARTS) is 1. The molecule has 0 aliphatic heterocycles. The number of carbonyl (C=O) groups is 2. The van der Waals surface area contributed by atoms with E-state index in [0.717, 1.165) is 12.8 Å². The minimum atomic E-state index is -0.969. The third-order valence-corrected chi connectivity index (χ3v) is 4.96. The van der Waals surface area contributed by atoms with Gasteiger partial charge in [-0.15, -0.1) is 0 Å². The molecular weight excluding hydrogens is 284 g/mol. The van der Waals surface area contributed by atoms with Crippen molar-refractivity contribution in [2.45, 2.75) is 58.6 Å². The van der Waals surface area contributed by atoms with Gasteiger partial charge < -0.3 is 21.3 Å². The van der Waals surface area contributed by atoms with Crippen molar-refractivity contribution in [3.8, 4) is 0 Å². The Kier molecular flexibility index (Phi) is 7.29. The zero-order valence-corrected chi connectivity index (χ0v) is 13.8. The van der Waals surface area contributed by atoms with Crippen LogP contribution in [-0.4, -0.2) is 40.8 Å². The normalized spacial score (nSPS) is 30.8. The Bertz CT molecular complexity index is 388. The number of rotatable bonds is 8. The molecule has 22 heavy (non-hydrogen) atoms. The van der Waals surface area contributed by atoms with Crippen LogP contribution in [0.5, 0.6) is 0 Å². The molecule has 0 bridgehead atoms. The number of nitrogens with one attached hydrogen (secondary N) is 1. The van der Waals surface area contributed by atoms with Gasteiger partial charge in [-0.1, -0.05) is 26.7 Å². The van der Waals surface area contributed by atoms with Gasteiger partial charge in [-0.25, -0.2) is 0 Å². The zero-order chi connectivity index (χ0) is 16.9. The lowest BCUT2D eigenvalue weighted by Crippen LogP contribution is -2.36. The number of aliphatic hydroxyl groups is 1. The smallest absolute Gasteiger partial charge is 0.309 e. The number of amides is 1. The van der Waals surface area contributed by atoms with Crippen LogP contribution >= 0.6 is 0 Å². The number of aliphatic hydroxyl groups excluding tert-OH is 1. The van der Waals surface area contributed by atoms with E-state index < -0.39 is 18.0 Å². The summed E-state index contributed by atoms with van der Waals surface area (Å²) in [6.07, 6.45) is 2.16. The third-order valence-electron chi connectivity index (χ3n) is 4.96. The van der Waals surface area contributed by atoms with Gasteiger partial charge in [0.1, 0.15) is 0 Å². The summed E-state index contributed by atoms with van der Waals surface area (Å²) in [5, 5.41) is 22.3. The quantitative estimate of drug-likeness (QED) is 0.533. The van der Waals surface area contributed by atoms with E-state index in [4.69, 9.17) is 10.8 Å². The van der Waals surface area contributed by atoms with Gasteiger partial charge in [0.15, 0.2) is 0 Å². The fourth-order valence-corrected chi connectivity index (χ4v) is 3.55. The van der Waals surface area contributed by atoms with Crippen molar-refractivity contribution in [1.29, 1.82) is 0 Å². The van der Waals surface area contributed by atoms with E-state index in [1.807, 2.05) is 0 Å². The number of carbonyl (C=O) groups excluding carboxylic acids is 1. The predicted octanol–water partition coefficient (Wildman–Crippen LogP) is 0.974. The highest BCUT2D eigenvalue weighted by Crippen LogP contribution is 2.37. The van der Waals surface area contributed by atoms with Crippen molar-refractivity contribution in [3.05, 3.63) is 0 Å². The largest absolute Gasteiger partial charge is 0.481 e. The molecule has 1 fully saturated rings. The molecule has 0 aromatic carbocycles. The molecule has 5 N–H and O–H groups in total. The van der Waals surface area contributed by atoms with Crippen LogP contribution < -0.4 is 11.1 Å². The van der Waals surface area contributed by atoms with E-state index in [1.165, 1.54) is 6.92 Å². The molecule has 6 atom stereocenters. The summed E-state index contributed by atoms with van der Waals surface area (Å²) in [6, 6.07) is -0.275. The monoisotopic (exact) mass is 314 g/mol. The standard InChI is InChI=1S/C16H30N2O4/c1-4-5-11(9(2)8-18-10(3)19)6-12-14(17)7-13(15(12)20)16(21)22/h9,11-15,20H,4-8,17H2,1-3H3,(H,18,19)(H,21,22)/t9?,11-,12+,13?,14+,15?/m0/s1. The number of nitrogens with two attached hydrogens (primary N) is 1. The Morgan fingerprint density at radius 3 is 2.50 bits per heavy atom.